The Morgan fingerprint density at radius 3 is 2.41 bits per heavy atom. The van der Waals surface area contributed by atoms with Crippen molar-refractivity contribution < 1.29 is 23.8 Å². The number of carbonyl (C=O) groups excluding carboxylic acids is 2. The van der Waals surface area contributed by atoms with Crippen molar-refractivity contribution in [2.45, 2.75) is 77.4 Å². The van der Waals surface area contributed by atoms with Crippen LogP contribution in [0.4, 0.5) is 4.79 Å². The second kappa shape index (κ2) is 10.3. The summed E-state index contributed by atoms with van der Waals surface area (Å²) in [5.74, 6) is 0.0401. The zero-order chi connectivity index (χ0) is 23.4. The number of nitrogens with zero attached hydrogens (tertiary/aromatic N) is 2. The third kappa shape index (κ3) is 6.53. The summed E-state index contributed by atoms with van der Waals surface area (Å²) in [6.45, 7) is 13.4. The first-order valence-corrected chi connectivity index (χ1v) is 11.6. The molecular formula is C25H38N2O5. The second-order valence-electron chi connectivity index (χ2n) is 10.1. The molecule has 178 valence electrons. The Morgan fingerprint density at radius 2 is 1.78 bits per heavy atom. The van der Waals surface area contributed by atoms with Crippen LogP contribution in [-0.4, -0.2) is 78.0 Å². The zero-order valence-electron chi connectivity index (χ0n) is 20.1. The molecule has 7 heteroatoms. The van der Waals surface area contributed by atoms with E-state index >= 15 is 0 Å². The summed E-state index contributed by atoms with van der Waals surface area (Å²) in [6.07, 6.45) is 0.591. The van der Waals surface area contributed by atoms with Gasteiger partial charge in [-0.1, -0.05) is 30.3 Å². The highest BCUT2D eigenvalue weighted by atomic mass is 16.6. The standard InChI is InChI=1S/C25H38N2O5/c1-24(2,3)32-23(29)27-20(18-19-10-7-6-8-11-19)22(31-25(27,4)5)21(28)12-9-13-26-14-16-30-17-15-26/h6-8,10-11,20,22H,9,12-18H2,1-5H3/t20-,22+/m0/s1. The summed E-state index contributed by atoms with van der Waals surface area (Å²) in [5, 5.41) is 0. The van der Waals surface area contributed by atoms with Crippen LogP contribution in [0.5, 0.6) is 0 Å². The number of carbonyl (C=O) groups is 2. The van der Waals surface area contributed by atoms with Crippen molar-refractivity contribution in [3.05, 3.63) is 35.9 Å². The Labute approximate surface area is 192 Å². The van der Waals surface area contributed by atoms with E-state index in [0.717, 1.165) is 44.8 Å². The Bertz CT molecular complexity index is 768. The van der Waals surface area contributed by atoms with E-state index in [4.69, 9.17) is 14.2 Å². The van der Waals surface area contributed by atoms with Gasteiger partial charge in [0.25, 0.3) is 0 Å². The smallest absolute Gasteiger partial charge is 0.412 e. The molecule has 1 aromatic carbocycles. The SMILES string of the molecule is CC(C)(C)OC(=O)N1[C@@H](Cc2ccccc2)[C@H](C(=O)CCCN2CCOCC2)OC1(C)C. The van der Waals surface area contributed by atoms with Crippen molar-refractivity contribution >= 4 is 11.9 Å². The lowest BCUT2D eigenvalue weighted by Crippen LogP contribution is -2.51. The van der Waals surface area contributed by atoms with E-state index in [9.17, 15) is 9.59 Å². The molecule has 0 N–H and O–H groups in total. The molecule has 0 aromatic heterocycles. The Hall–Kier alpha value is -1.96. The first-order valence-electron chi connectivity index (χ1n) is 11.6. The number of ketones is 1. The molecule has 0 unspecified atom stereocenters. The highest BCUT2D eigenvalue weighted by Crippen LogP contribution is 2.36. The molecule has 32 heavy (non-hydrogen) atoms. The number of benzene rings is 1. The van der Waals surface area contributed by atoms with Crippen LogP contribution in [0.1, 0.15) is 53.0 Å². The van der Waals surface area contributed by atoms with Gasteiger partial charge in [0.2, 0.25) is 0 Å². The molecule has 2 fully saturated rings. The topological polar surface area (TPSA) is 68.3 Å². The van der Waals surface area contributed by atoms with Crippen LogP contribution in [0.25, 0.3) is 0 Å². The summed E-state index contributed by atoms with van der Waals surface area (Å²) < 4.78 is 17.3. The third-order valence-corrected chi connectivity index (χ3v) is 5.87. The number of morpholine rings is 1. The van der Waals surface area contributed by atoms with Crippen molar-refractivity contribution in [1.82, 2.24) is 9.80 Å². The normalized spacial score (nSPS) is 23.8. The number of ether oxygens (including phenoxy) is 3. The van der Waals surface area contributed by atoms with Gasteiger partial charge in [0.1, 0.15) is 17.4 Å². The minimum Gasteiger partial charge on any atom is -0.444 e. The van der Waals surface area contributed by atoms with Crippen LogP contribution >= 0.6 is 0 Å². The molecule has 0 spiro atoms. The number of amides is 1. The lowest BCUT2D eigenvalue weighted by atomic mass is 9.96. The van der Waals surface area contributed by atoms with Gasteiger partial charge in [-0.2, -0.15) is 0 Å². The molecule has 2 atom stereocenters. The van der Waals surface area contributed by atoms with E-state index < -0.39 is 29.6 Å². The molecule has 2 heterocycles. The third-order valence-electron chi connectivity index (χ3n) is 5.87. The maximum Gasteiger partial charge on any atom is 0.412 e. The molecule has 7 nitrogen and oxygen atoms in total. The van der Waals surface area contributed by atoms with Crippen LogP contribution in [0.2, 0.25) is 0 Å². The number of Topliss-reactive ketones (excluding diaryl/α,β-unsaturated/α-hetero) is 1. The van der Waals surface area contributed by atoms with Crippen LogP contribution in [0.15, 0.2) is 30.3 Å². The van der Waals surface area contributed by atoms with E-state index in [-0.39, 0.29) is 5.78 Å². The highest BCUT2D eigenvalue weighted by Gasteiger charge is 2.53. The Balaban J connectivity index is 1.74. The van der Waals surface area contributed by atoms with E-state index in [1.54, 1.807) is 4.90 Å². The summed E-state index contributed by atoms with van der Waals surface area (Å²) in [7, 11) is 0. The van der Waals surface area contributed by atoms with E-state index in [2.05, 4.69) is 4.90 Å². The van der Waals surface area contributed by atoms with Gasteiger partial charge in [0, 0.05) is 19.5 Å². The van der Waals surface area contributed by atoms with E-state index in [1.807, 2.05) is 65.0 Å². The van der Waals surface area contributed by atoms with Gasteiger partial charge in [-0.05, 0) is 59.6 Å². The lowest BCUT2D eigenvalue weighted by molar-refractivity contribution is -0.136. The molecule has 1 aromatic rings. The molecule has 2 saturated heterocycles. The Kier molecular flexibility index (Phi) is 7.96. The fourth-order valence-electron chi connectivity index (χ4n) is 4.43. The minimum atomic E-state index is -0.938. The molecule has 1 amide bonds. The fraction of sp³-hybridized carbons (Fsp3) is 0.680. The molecule has 0 aliphatic carbocycles. The molecule has 0 radical (unpaired) electrons. The monoisotopic (exact) mass is 446 g/mol. The van der Waals surface area contributed by atoms with Gasteiger partial charge < -0.3 is 14.2 Å². The van der Waals surface area contributed by atoms with Crippen LogP contribution in [0.3, 0.4) is 0 Å². The number of hydrogen-bond donors (Lipinski definition) is 0. The average molecular weight is 447 g/mol. The predicted octanol–water partition coefficient (Wildman–Crippen LogP) is 3.65. The van der Waals surface area contributed by atoms with Gasteiger partial charge in [-0.15, -0.1) is 0 Å². The maximum absolute atomic E-state index is 13.3. The van der Waals surface area contributed by atoms with Gasteiger partial charge in [0.15, 0.2) is 5.78 Å². The molecule has 3 rings (SSSR count). The van der Waals surface area contributed by atoms with Crippen LogP contribution < -0.4 is 0 Å². The van der Waals surface area contributed by atoms with Gasteiger partial charge in [-0.3, -0.25) is 14.6 Å². The van der Waals surface area contributed by atoms with E-state index in [1.165, 1.54) is 0 Å². The summed E-state index contributed by atoms with van der Waals surface area (Å²) >= 11 is 0. The van der Waals surface area contributed by atoms with Crippen molar-refractivity contribution in [3.63, 3.8) is 0 Å². The van der Waals surface area contributed by atoms with E-state index in [0.29, 0.717) is 12.8 Å². The summed E-state index contributed by atoms with van der Waals surface area (Å²) in [4.78, 5) is 30.4. The first kappa shape index (κ1) is 24.7. The van der Waals surface area contributed by atoms with Gasteiger partial charge in [0.05, 0.1) is 19.3 Å². The first-order chi connectivity index (χ1) is 15.1. The number of hydrogen-bond acceptors (Lipinski definition) is 6. The second-order valence-corrected chi connectivity index (χ2v) is 10.1. The Morgan fingerprint density at radius 1 is 1.12 bits per heavy atom. The maximum atomic E-state index is 13.3. The molecular weight excluding hydrogens is 408 g/mol. The van der Waals surface area contributed by atoms with Crippen molar-refractivity contribution in [3.8, 4) is 0 Å². The lowest BCUT2D eigenvalue weighted by Gasteiger charge is -2.35. The quantitative estimate of drug-likeness (QED) is 0.637. The molecule has 0 bridgehead atoms. The summed E-state index contributed by atoms with van der Waals surface area (Å²) in [5.41, 5.74) is -0.518. The fourth-order valence-corrected chi connectivity index (χ4v) is 4.43. The van der Waals surface area contributed by atoms with Gasteiger partial charge >= 0.3 is 6.09 Å². The molecule has 2 aliphatic heterocycles. The molecule has 0 saturated carbocycles. The van der Waals surface area contributed by atoms with Crippen molar-refractivity contribution in [2.75, 3.05) is 32.8 Å². The average Bonchev–Trinajstić information content (AvgIpc) is 2.98. The van der Waals surface area contributed by atoms with Gasteiger partial charge in [-0.25, -0.2) is 4.79 Å². The van der Waals surface area contributed by atoms with Crippen molar-refractivity contribution in [2.24, 2.45) is 0 Å². The van der Waals surface area contributed by atoms with Crippen LogP contribution in [-0.2, 0) is 25.4 Å². The summed E-state index contributed by atoms with van der Waals surface area (Å²) in [6, 6.07) is 9.49. The molecule has 2 aliphatic rings. The largest absolute Gasteiger partial charge is 0.444 e. The number of rotatable bonds is 7. The predicted molar refractivity (Wildman–Crippen MR) is 122 cm³/mol. The van der Waals surface area contributed by atoms with Crippen LogP contribution in [0, 0.1) is 0 Å². The minimum absolute atomic E-state index is 0.0401. The van der Waals surface area contributed by atoms with Crippen molar-refractivity contribution in [1.29, 1.82) is 0 Å². The highest BCUT2D eigenvalue weighted by molar-refractivity contribution is 5.85. The zero-order valence-corrected chi connectivity index (χ0v) is 20.1.